The van der Waals surface area contributed by atoms with Gasteiger partial charge in [0.25, 0.3) is 0 Å². The molecule has 0 fully saturated rings. The van der Waals surface area contributed by atoms with Crippen molar-refractivity contribution in [3.8, 4) is 11.3 Å². The van der Waals surface area contributed by atoms with E-state index in [4.69, 9.17) is 5.73 Å². The fraction of sp³-hybridized carbons (Fsp3) is 0.417. The Bertz CT molecular complexity index is 638. The minimum absolute atomic E-state index is 0.156. The third kappa shape index (κ3) is 3.13. The molecule has 0 amide bonds. The van der Waals surface area contributed by atoms with Gasteiger partial charge in [-0.25, -0.2) is 9.97 Å². The fourth-order valence-electron chi connectivity index (χ4n) is 1.73. The zero-order chi connectivity index (χ0) is 15.8. The average molecular weight is 301 g/mol. The maximum Gasteiger partial charge on any atom is 0.419 e. The first-order valence-corrected chi connectivity index (χ1v) is 6.12. The Balaban J connectivity index is 2.50. The standard InChI is InChI=1S/C12H14F3N5O/c1-6(7(2)21)20-5-8(3-18-20)10-9(12(13,14)15)4-17-11(16)19-10/h3-7,21H,1-2H3,(H2,16,17,19)/t6-,7-/m0/s1. The lowest BCUT2D eigenvalue weighted by Gasteiger charge is -2.14. The van der Waals surface area contributed by atoms with Crippen LogP contribution < -0.4 is 5.73 Å². The summed E-state index contributed by atoms with van der Waals surface area (Å²) >= 11 is 0. The van der Waals surface area contributed by atoms with Crippen LogP contribution in [0.2, 0.25) is 0 Å². The number of nitrogens with two attached hydrogens (primary N) is 1. The van der Waals surface area contributed by atoms with E-state index in [0.717, 1.165) is 0 Å². The van der Waals surface area contributed by atoms with Crippen LogP contribution in [0.15, 0.2) is 18.6 Å². The highest BCUT2D eigenvalue weighted by Gasteiger charge is 2.35. The summed E-state index contributed by atoms with van der Waals surface area (Å²) in [6, 6.07) is -0.382. The Morgan fingerprint density at radius 1 is 1.29 bits per heavy atom. The molecular formula is C12H14F3N5O. The van der Waals surface area contributed by atoms with Crippen LogP contribution in [-0.4, -0.2) is 31.0 Å². The largest absolute Gasteiger partial charge is 0.419 e. The maximum absolute atomic E-state index is 13.0. The number of anilines is 1. The van der Waals surface area contributed by atoms with Gasteiger partial charge in [-0.3, -0.25) is 4.68 Å². The van der Waals surface area contributed by atoms with Crippen LogP contribution in [0.25, 0.3) is 11.3 Å². The van der Waals surface area contributed by atoms with Crippen LogP contribution in [0.3, 0.4) is 0 Å². The Morgan fingerprint density at radius 2 is 1.95 bits per heavy atom. The Labute approximate surface area is 118 Å². The van der Waals surface area contributed by atoms with Gasteiger partial charge in [-0.1, -0.05) is 0 Å². The summed E-state index contributed by atoms with van der Waals surface area (Å²) in [4.78, 5) is 7.04. The topological polar surface area (TPSA) is 89.8 Å². The minimum atomic E-state index is -4.60. The molecule has 2 atom stereocenters. The molecule has 0 aliphatic carbocycles. The molecule has 0 saturated carbocycles. The van der Waals surface area contributed by atoms with Crippen molar-refractivity contribution in [1.29, 1.82) is 0 Å². The molecule has 114 valence electrons. The molecule has 0 spiro atoms. The van der Waals surface area contributed by atoms with E-state index >= 15 is 0 Å². The zero-order valence-electron chi connectivity index (χ0n) is 11.3. The van der Waals surface area contributed by atoms with E-state index in [9.17, 15) is 18.3 Å². The van der Waals surface area contributed by atoms with Gasteiger partial charge in [0.2, 0.25) is 5.95 Å². The van der Waals surface area contributed by atoms with Gasteiger partial charge in [0.1, 0.15) is 5.56 Å². The molecular weight excluding hydrogens is 287 g/mol. The number of nitrogen functional groups attached to an aromatic ring is 1. The van der Waals surface area contributed by atoms with Crippen LogP contribution in [0.5, 0.6) is 0 Å². The molecule has 21 heavy (non-hydrogen) atoms. The van der Waals surface area contributed by atoms with Crippen LogP contribution in [-0.2, 0) is 6.18 Å². The molecule has 0 radical (unpaired) electrons. The highest BCUT2D eigenvalue weighted by Crippen LogP contribution is 2.35. The van der Waals surface area contributed by atoms with Crippen LogP contribution in [0.1, 0.15) is 25.5 Å². The third-order valence-electron chi connectivity index (χ3n) is 3.10. The quantitative estimate of drug-likeness (QED) is 0.903. The number of hydrogen-bond donors (Lipinski definition) is 2. The summed E-state index contributed by atoms with van der Waals surface area (Å²) < 4.78 is 40.3. The first kappa shape index (κ1) is 15.2. The fourth-order valence-corrected chi connectivity index (χ4v) is 1.73. The predicted octanol–water partition coefficient (Wildman–Crippen LogP) is 1.88. The Hall–Kier alpha value is -2.16. The number of nitrogens with zero attached hydrogens (tertiary/aromatic N) is 4. The van der Waals surface area contributed by atoms with Crippen molar-refractivity contribution in [2.24, 2.45) is 0 Å². The summed E-state index contributed by atoms with van der Waals surface area (Å²) in [5, 5.41) is 13.5. The van der Waals surface area contributed by atoms with Crippen molar-refractivity contribution >= 4 is 5.95 Å². The number of aliphatic hydroxyl groups is 1. The van der Waals surface area contributed by atoms with Gasteiger partial charge in [0, 0.05) is 18.0 Å². The second-order valence-electron chi connectivity index (χ2n) is 4.68. The van der Waals surface area contributed by atoms with Gasteiger partial charge in [-0.2, -0.15) is 18.3 Å². The van der Waals surface area contributed by atoms with E-state index in [0.29, 0.717) is 6.20 Å². The van der Waals surface area contributed by atoms with Crippen molar-refractivity contribution < 1.29 is 18.3 Å². The monoisotopic (exact) mass is 301 g/mol. The molecule has 3 N–H and O–H groups in total. The molecule has 2 aromatic rings. The summed E-state index contributed by atoms with van der Waals surface area (Å²) in [5.74, 6) is -0.255. The lowest BCUT2D eigenvalue weighted by molar-refractivity contribution is -0.137. The number of hydrogen-bond acceptors (Lipinski definition) is 5. The Kier molecular flexibility index (Phi) is 3.86. The molecule has 2 heterocycles. The van der Waals surface area contributed by atoms with E-state index in [2.05, 4.69) is 15.1 Å². The smallest absolute Gasteiger partial charge is 0.391 e. The zero-order valence-corrected chi connectivity index (χ0v) is 11.3. The van der Waals surface area contributed by atoms with E-state index in [-0.39, 0.29) is 23.2 Å². The van der Waals surface area contributed by atoms with Crippen molar-refractivity contribution in [3.05, 3.63) is 24.2 Å². The van der Waals surface area contributed by atoms with E-state index in [1.54, 1.807) is 13.8 Å². The lowest BCUT2D eigenvalue weighted by atomic mass is 10.1. The van der Waals surface area contributed by atoms with Gasteiger partial charge in [-0.15, -0.1) is 0 Å². The third-order valence-corrected chi connectivity index (χ3v) is 3.10. The SMILES string of the molecule is C[C@H](O)[C@H](C)n1cc(-c2nc(N)ncc2C(F)(F)F)cn1. The lowest BCUT2D eigenvalue weighted by Crippen LogP contribution is -2.18. The van der Waals surface area contributed by atoms with E-state index < -0.39 is 17.8 Å². The van der Waals surface area contributed by atoms with Crippen molar-refractivity contribution in [3.63, 3.8) is 0 Å². The second-order valence-corrected chi connectivity index (χ2v) is 4.68. The van der Waals surface area contributed by atoms with Gasteiger partial charge >= 0.3 is 6.18 Å². The van der Waals surface area contributed by atoms with Gasteiger partial charge in [-0.05, 0) is 13.8 Å². The maximum atomic E-state index is 13.0. The summed E-state index contributed by atoms with van der Waals surface area (Å²) in [6.07, 6.45) is -2.02. The second kappa shape index (κ2) is 5.32. The van der Waals surface area contributed by atoms with Crippen LogP contribution >= 0.6 is 0 Å². The number of alkyl halides is 3. The molecule has 9 heteroatoms. The highest BCUT2D eigenvalue weighted by molar-refractivity contribution is 5.63. The molecule has 0 aliphatic rings. The van der Waals surface area contributed by atoms with Crippen molar-refractivity contribution in [1.82, 2.24) is 19.7 Å². The average Bonchev–Trinajstić information content (AvgIpc) is 2.85. The van der Waals surface area contributed by atoms with Crippen LogP contribution in [0, 0.1) is 0 Å². The molecule has 0 unspecified atom stereocenters. The highest BCUT2D eigenvalue weighted by atomic mass is 19.4. The summed E-state index contributed by atoms with van der Waals surface area (Å²) in [6.45, 7) is 3.26. The molecule has 0 bridgehead atoms. The van der Waals surface area contributed by atoms with Gasteiger partial charge in [0.15, 0.2) is 0 Å². The first-order chi connectivity index (χ1) is 9.70. The van der Waals surface area contributed by atoms with Crippen molar-refractivity contribution in [2.75, 3.05) is 5.73 Å². The van der Waals surface area contributed by atoms with Gasteiger partial charge < -0.3 is 10.8 Å². The molecule has 6 nitrogen and oxygen atoms in total. The molecule has 2 rings (SSSR count). The minimum Gasteiger partial charge on any atom is -0.391 e. The number of aromatic nitrogens is 4. The molecule has 0 saturated heterocycles. The summed E-state index contributed by atoms with van der Waals surface area (Å²) in [5.41, 5.74) is 4.20. The molecule has 0 aromatic carbocycles. The van der Waals surface area contributed by atoms with E-state index in [1.165, 1.54) is 17.1 Å². The molecule has 0 aliphatic heterocycles. The van der Waals surface area contributed by atoms with Gasteiger partial charge in [0.05, 0.1) is 24.0 Å². The summed E-state index contributed by atoms with van der Waals surface area (Å²) in [7, 11) is 0. The molecule has 2 aromatic heterocycles. The number of rotatable bonds is 3. The van der Waals surface area contributed by atoms with Crippen molar-refractivity contribution in [2.45, 2.75) is 32.2 Å². The predicted molar refractivity (Wildman–Crippen MR) is 69.1 cm³/mol. The van der Waals surface area contributed by atoms with E-state index in [1.807, 2.05) is 0 Å². The number of halogens is 3. The first-order valence-electron chi connectivity index (χ1n) is 6.12. The number of aliphatic hydroxyl groups excluding tert-OH is 1. The van der Waals surface area contributed by atoms with Crippen LogP contribution in [0.4, 0.5) is 19.1 Å². The normalized spacial score (nSPS) is 15.0. The Morgan fingerprint density at radius 3 is 2.52 bits per heavy atom.